The quantitative estimate of drug-likeness (QED) is 0.143. The molecule has 1 N–H and O–H groups in total. The second kappa shape index (κ2) is 15.0. The van der Waals surface area contributed by atoms with E-state index in [0.29, 0.717) is 0 Å². The van der Waals surface area contributed by atoms with Gasteiger partial charge in [0.05, 0.1) is 15.5 Å². The molecule has 11 heteroatoms. The number of hydrogen-bond acceptors (Lipinski definition) is 6. The molecule has 1 fully saturated rings. The zero-order chi connectivity index (χ0) is 33.4. The minimum absolute atomic E-state index is 0.00285. The van der Waals surface area contributed by atoms with Crippen LogP contribution in [0.25, 0.3) is 0 Å². The Kier molecular flexibility index (Phi) is 10.7. The molecule has 0 aliphatic heterocycles. The molecule has 4 aromatic carbocycles. The lowest BCUT2D eigenvalue weighted by Gasteiger charge is -2.34. The van der Waals surface area contributed by atoms with Crippen LogP contribution in [0.2, 0.25) is 0 Å². The standard InChI is InChI=1S/C36H38N4O6S/c1-27-19-21-29(22-20-27)25-38(34(23-28-11-4-2-5-12-28)36(42)37-30-13-8-9-14-30)35(41)26-39(31-15-10-16-32(24-31)40(43)44)47(45,46)33-17-6-3-7-18-33/h2-7,10-12,15-22,24,30,34H,8-9,13-14,23,25-26H2,1H3,(H,37,42)/t34-/m1/s1. The van der Waals surface area contributed by atoms with Crippen molar-refractivity contribution in [2.75, 3.05) is 10.8 Å². The van der Waals surface area contributed by atoms with E-state index in [-0.39, 0.29) is 41.2 Å². The number of rotatable bonds is 13. The number of aryl methyl sites for hydroxylation is 1. The van der Waals surface area contributed by atoms with E-state index < -0.39 is 33.4 Å². The number of non-ortho nitro benzene ring substituents is 1. The molecule has 5 rings (SSSR count). The summed E-state index contributed by atoms with van der Waals surface area (Å²) in [5.74, 6) is -0.937. The zero-order valence-electron chi connectivity index (χ0n) is 26.2. The van der Waals surface area contributed by atoms with Gasteiger partial charge in [-0.1, -0.05) is 97.3 Å². The number of nitro groups is 1. The number of benzene rings is 4. The average molecular weight is 655 g/mol. The number of anilines is 1. The molecule has 1 saturated carbocycles. The van der Waals surface area contributed by atoms with Gasteiger partial charge in [0.1, 0.15) is 12.6 Å². The highest BCUT2D eigenvalue weighted by molar-refractivity contribution is 7.92. The number of carbonyl (C=O) groups is 2. The van der Waals surface area contributed by atoms with Crippen LogP contribution in [0.3, 0.4) is 0 Å². The lowest BCUT2D eigenvalue weighted by molar-refractivity contribution is -0.384. The van der Waals surface area contributed by atoms with Gasteiger partial charge in [0.25, 0.3) is 15.7 Å². The first kappa shape index (κ1) is 33.3. The van der Waals surface area contributed by atoms with Gasteiger partial charge in [0.15, 0.2) is 0 Å². The van der Waals surface area contributed by atoms with Gasteiger partial charge < -0.3 is 10.2 Å². The van der Waals surface area contributed by atoms with Crippen molar-refractivity contribution in [3.63, 3.8) is 0 Å². The number of nitrogens with zero attached hydrogens (tertiary/aromatic N) is 3. The summed E-state index contributed by atoms with van der Waals surface area (Å²) >= 11 is 0. The number of amides is 2. The van der Waals surface area contributed by atoms with Crippen LogP contribution in [0.5, 0.6) is 0 Å². The van der Waals surface area contributed by atoms with Crippen molar-refractivity contribution >= 4 is 33.2 Å². The molecule has 1 aliphatic rings. The maximum atomic E-state index is 14.6. The van der Waals surface area contributed by atoms with Gasteiger partial charge in [-0.3, -0.25) is 24.0 Å². The van der Waals surface area contributed by atoms with Crippen molar-refractivity contribution in [3.8, 4) is 0 Å². The van der Waals surface area contributed by atoms with Gasteiger partial charge in [-0.25, -0.2) is 8.42 Å². The Morgan fingerprint density at radius 2 is 1.51 bits per heavy atom. The van der Waals surface area contributed by atoms with E-state index in [4.69, 9.17) is 0 Å². The van der Waals surface area contributed by atoms with E-state index in [1.54, 1.807) is 18.2 Å². The molecule has 4 aromatic rings. The lowest BCUT2D eigenvalue weighted by atomic mass is 10.0. The molecule has 0 aromatic heterocycles. The number of nitrogens with one attached hydrogen (secondary N) is 1. The molecule has 1 atom stereocenters. The third kappa shape index (κ3) is 8.42. The van der Waals surface area contributed by atoms with Gasteiger partial charge >= 0.3 is 0 Å². The van der Waals surface area contributed by atoms with Crippen molar-refractivity contribution in [3.05, 3.63) is 136 Å². The molecule has 0 saturated heterocycles. The number of nitro benzene ring substituents is 1. The fourth-order valence-corrected chi connectivity index (χ4v) is 7.25. The molecular weight excluding hydrogens is 616 g/mol. The second-order valence-corrected chi connectivity index (χ2v) is 13.7. The number of hydrogen-bond donors (Lipinski definition) is 1. The van der Waals surface area contributed by atoms with E-state index in [9.17, 15) is 28.1 Å². The molecule has 244 valence electrons. The van der Waals surface area contributed by atoms with Gasteiger partial charge in [0.2, 0.25) is 11.8 Å². The van der Waals surface area contributed by atoms with Crippen molar-refractivity contribution < 1.29 is 22.9 Å². The highest BCUT2D eigenvalue weighted by atomic mass is 32.2. The van der Waals surface area contributed by atoms with E-state index >= 15 is 0 Å². The Labute approximate surface area is 275 Å². The van der Waals surface area contributed by atoms with E-state index in [1.807, 2.05) is 61.5 Å². The van der Waals surface area contributed by atoms with E-state index in [2.05, 4.69) is 5.32 Å². The number of carbonyl (C=O) groups excluding carboxylic acids is 2. The highest BCUT2D eigenvalue weighted by Gasteiger charge is 2.36. The van der Waals surface area contributed by atoms with Gasteiger partial charge in [0, 0.05) is 31.1 Å². The molecule has 1 aliphatic carbocycles. The Hall–Kier alpha value is -5.03. The Balaban J connectivity index is 1.58. The van der Waals surface area contributed by atoms with Crippen LogP contribution in [0.15, 0.2) is 114 Å². The first-order valence-electron chi connectivity index (χ1n) is 15.6. The first-order chi connectivity index (χ1) is 22.6. The van der Waals surface area contributed by atoms with Crippen molar-refractivity contribution in [1.29, 1.82) is 0 Å². The Morgan fingerprint density at radius 3 is 2.15 bits per heavy atom. The molecule has 2 amide bonds. The summed E-state index contributed by atoms with van der Waals surface area (Å²) in [6, 6.07) is 28.8. The Bertz CT molecular complexity index is 1790. The minimum Gasteiger partial charge on any atom is -0.352 e. The summed E-state index contributed by atoms with van der Waals surface area (Å²) < 4.78 is 29.1. The molecule has 0 radical (unpaired) electrons. The van der Waals surface area contributed by atoms with E-state index in [0.717, 1.165) is 52.7 Å². The number of sulfonamides is 1. The molecular formula is C36H38N4O6S. The summed E-state index contributed by atoms with van der Waals surface area (Å²) in [6.45, 7) is 1.31. The largest absolute Gasteiger partial charge is 0.352 e. The molecule has 10 nitrogen and oxygen atoms in total. The minimum atomic E-state index is -4.36. The predicted octanol–water partition coefficient (Wildman–Crippen LogP) is 5.80. The molecule has 0 bridgehead atoms. The van der Waals surface area contributed by atoms with Crippen molar-refractivity contribution in [2.45, 2.75) is 62.6 Å². The zero-order valence-corrected chi connectivity index (χ0v) is 27.0. The third-order valence-electron chi connectivity index (χ3n) is 8.38. The van der Waals surface area contributed by atoms with Crippen LogP contribution < -0.4 is 9.62 Å². The normalized spacial score (nSPS) is 13.9. The summed E-state index contributed by atoms with van der Waals surface area (Å²) in [7, 11) is -4.36. The van der Waals surface area contributed by atoms with Crippen molar-refractivity contribution in [1.82, 2.24) is 10.2 Å². The van der Waals surface area contributed by atoms with Crippen molar-refractivity contribution in [2.24, 2.45) is 0 Å². The van der Waals surface area contributed by atoms with Crippen LogP contribution in [0, 0.1) is 17.0 Å². The van der Waals surface area contributed by atoms with Crippen LogP contribution in [-0.2, 0) is 32.6 Å². The summed E-state index contributed by atoms with van der Waals surface area (Å²) in [5, 5.41) is 14.8. The fraction of sp³-hybridized carbons (Fsp3) is 0.278. The maximum Gasteiger partial charge on any atom is 0.271 e. The van der Waals surface area contributed by atoms with E-state index in [1.165, 1.54) is 35.2 Å². The average Bonchev–Trinajstić information content (AvgIpc) is 3.60. The molecule has 0 unspecified atom stereocenters. The molecule has 0 heterocycles. The first-order valence-corrected chi connectivity index (χ1v) is 17.1. The predicted molar refractivity (Wildman–Crippen MR) is 180 cm³/mol. The van der Waals surface area contributed by atoms with Gasteiger partial charge in [-0.2, -0.15) is 0 Å². The topological polar surface area (TPSA) is 130 Å². The van der Waals surface area contributed by atoms with Gasteiger partial charge in [-0.05, 0) is 49.1 Å². The molecule has 47 heavy (non-hydrogen) atoms. The monoisotopic (exact) mass is 654 g/mol. The summed E-state index contributed by atoms with van der Waals surface area (Å²) in [6.07, 6.45) is 3.93. The Morgan fingerprint density at radius 1 is 0.872 bits per heavy atom. The smallest absolute Gasteiger partial charge is 0.271 e. The maximum absolute atomic E-state index is 14.6. The van der Waals surface area contributed by atoms with Crippen LogP contribution >= 0.6 is 0 Å². The fourth-order valence-electron chi connectivity index (χ4n) is 5.82. The lowest BCUT2D eigenvalue weighted by Crippen LogP contribution is -2.54. The van der Waals surface area contributed by atoms with Crippen LogP contribution in [0.4, 0.5) is 11.4 Å². The third-order valence-corrected chi connectivity index (χ3v) is 10.2. The summed E-state index contributed by atoms with van der Waals surface area (Å²) in [4.78, 5) is 41.0. The van der Waals surface area contributed by atoms with Crippen LogP contribution in [-0.4, -0.2) is 48.7 Å². The highest BCUT2D eigenvalue weighted by Crippen LogP contribution is 2.28. The van der Waals surface area contributed by atoms with Gasteiger partial charge in [-0.15, -0.1) is 0 Å². The molecule has 0 spiro atoms. The SMILES string of the molecule is Cc1ccc(CN(C(=O)CN(c2cccc([N+](=O)[O-])c2)S(=O)(=O)c2ccccc2)[C@H](Cc2ccccc2)C(=O)NC2CCCC2)cc1. The van der Waals surface area contributed by atoms with Crippen LogP contribution in [0.1, 0.15) is 42.4 Å². The second-order valence-electron chi connectivity index (χ2n) is 11.8. The summed E-state index contributed by atoms with van der Waals surface area (Å²) in [5.41, 5.74) is 2.27.